The predicted molar refractivity (Wildman–Crippen MR) is 59.0 cm³/mol. The molecular formula is C12H8F4N2. The maximum atomic E-state index is 13.5. The zero-order valence-corrected chi connectivity index (χ0v) is 9.00. The number of nitrogens with two attached hydrogens (primary N) is 1. The predicted octanol–water partition coefficient (Wildman–Crippen LogP) is 3.49. The minimum atomic E-state index is -4.51. The summed E-state index contributed by atoms with van der Waals surface area (Å²) in [7, 11) is 0. The summed E-state index contributed by atoms with van der Waals surface area (Å²) in [6.07, 6.45) is -3.28. The van der Waals surface area contributed by atoms with E-state index in [1.807, 2.05) is 0 Å². The normalized spacial score (nSPS) is 11.6. The lowest BCUT2D eigenvalue weighted by atomic mass is 10.0. The lowest BCUT2D eigenvalue weighted by Crippen LogP contribution is -2.05. The summed E-state index contributed by atoms with van der Waals surface area (Å²) >= 11 is 0. The van der Waals surface area contributed by atoms with Crippen LogP contribution in [0.25, 0.3) is 11.1 Å². The molecule has 94 valence electrons. The van der Waals surface area contributed by atoms with Crippen LogP contribution in [0, 0.1) is 5.82 Å². The molecule has 2 N–H and O–H groups in total. The van der Waals surface area contributed by atoms with Gasteiger partial charge in [0.2, 0.25) is 0 Å². The first kappa shape index (κ1) is 12.3. The molecule has 0 atom stereocenters. The fourth-order valence-corrected chi connectivity index (χ4v) is 1.49. The fraction of sp³-hybridized carbons (Fsp3) is 0.0833. The molecule has 0 saturated heterocycles. The lowest BCUT2D eigenvalue weighted by Gasteiger charge is -2.09. The monoisotopic (exact) mass is 256 g/mol. The van der Waals surface area contributed by atoms with Gasteiger partial charge in [-0.3, -0.25) is 0 Å². The molecule has 2 rings (SSSR count). The minimum Gasteiger partial charge on any atom is -0.384 e. The molecule has 0 radical (unpaired) electrons. The van der Waals surface area contributed by atoms with Crippen molar-refractivity contribution in [3.8, 4) is 11.1 Å². The molecule has 0 aliphatic heterocycles. The molecule has 0 unspecified atom stereocenters. The molecule has 6 heteroatoms. The van der Waals surface area contributed by atoms with Gasteiger partial charge in [0.25, 0.3) is 0 Å². The van der Waals surface area contributed by atoms with E-state index in [9.17, 15) is 17.6 Å². The van der Waals surface area contributed by atoms with Crippen LogP contribution in [0.2, 0.25) is 0 Å². The van der Waals surface area contributed by atoms with Gasteiger partial charge in [-0.25, -0.2) is 9.37 Å². The summed E-state index contributed by atoms with van der Waals surface area (Å²) in [4.78, 5) is 3.72. The number of hydrogen-bond acceptors (Lipinski definition) is 2. The third kappa shape index (κ3) is 2.42. The second-order valence-electron chi connectivity index (χ2n) is 3.66. The van der Waals surface area contributed by atoms with Gasteiger partial charge >= 0.3 is 6.18 Å². The highest BCUT2D eigenvalue weighted by molar-refractivity contribution is 5.65. The van der Waals surface area contributed by atoms with Crippen LogP contribution in [0.15, 0.2) is 36.5 Å². The van der Waals surface area contributed by atoms with Crippen molar-refractivity contribution in [1.29, 1.82) is 0 Å². The number of benzene rings is 1. The first-order chi connectivity index (χ1) is 8.38. The Kier molecular flexibility index (Phi) is 2.94. The summed E-state index contributed by atoms with van der Waals surface area (Å²) < 4.78 is 51.1. The second kappa shape index (κ2) is 4.29. The molecule has 18 heavy (non-hydrogen) atoms. The van der Waals surface area contributed by atoms with E-state index >= 15 is 0 Å². The maximum absolute atomic E-state index is 13.5. The van der Waals surface area contributed by atoms with Crippen molar-refractivity contribution in [2.24, 2.45) is 0 Å². The van der Waals surface area contributed by atoms with Crippen LogP contribution in [0.5, 0.6) is 0 Å². The molecule has 0 fully saturated rings. The van der Waals surface area contributed by atoms with Crippen LogP contribution in [0.4, 0.5) is 23.4 Å². The number of rotatable bonds is 1. The number of nitrogen functional groups attached to an aromatic ring is 1. The van der Waals surface area contributed by atoms with Gasteiger partial charge < -0.3 is 5.73 Å². The molecule has 0 aliphatic rings. The van der Waals surface area contributed by atoms with Crippen LogP contribution < -0.4 is 5.73 Å². The maximum Gasteiger partial charge on any atom is 0.416 e. The summed E-state index contributed by atoms with van der Waals surface area (Å²) in [6, 6.07) is 5.05. The molecule has 0 saturated carbocycles. The summed E-state index contributed by atoms with van der Waals surface area (Å²) in [5.41, 5.74) is 4.54. The zero-order valence-electron chi connectivity index (χ0n) is 9.00. The van der Waals surface area contributed by atoms with Gasteiger partial charge in [0.15, 0.2) is 0 Å². The highest BCUT2D eigenvalue weighted by Gasteiger charge is 2.31. The van der Waals surface area contributed by atoms with Crippen molar-refractivity contribution in [3.05, 3.63) is 47.9 Å². The summed E-state index contributed by atoms with van der Waals surface area (Å²) in [6.45, 7) is 0. The molecule has 2 nitrogen and oxygen atoms in total. The Morgan fingerprint density at radius 3 is 2.33 bits per heavy atom. The average Bonchev–Trinajstić information content (AvgIpc) is 2.29. The Morgan fingerprint density at radius 1 is 1.06 bits per heavy atom. The number of hydrogen-bond donors (Lipinski definition) is 1. The van der Waals surface area contributed by atoms with Gasteiger partial charge in [-0.1, -0.05) is 0 Å². The van der Waals surface area contributed by atoms with Crippen molar-refractivity contribution >= 4 is 5.82 Å². The highest BCUT2D eigenvalue weighted by atomic mass is 19.4. The van der Waals surface area contributed by atoms with Crippen molar-refractivity contribution in [2.45, 2.75) is 6.18 Å². The quantitative estimate of drug-likeness (QED) is 0.793. The summed E-state index contributed by atoms with van der Waals surface area (Å²) in [5.74, 6) is -0.527. The average molecular weight is 256 g/mol. The van der Waals surface area contributed by atoms with E-state index in [2.05, 4.69) is 4.98 Å². The molecular weight excluding hydrogens is 248 g/mol. The van der Waals surface area contributed by atoms with Gasteiger partial charge in [0.1, 0.15) is 11.6 Å². The Hall–Kier alpha value is -2.11. The molecule has 1 aromatic heterocycles. The van der Waals surface area contributed by atoms with Gasteiger partial charge in [0.05, 0.1) is 5.56 Å². The molecule has 1 aromatic carbocycles. The molecule has 0 spiro atoms. The van der Waals surface area contributed by atoms with E-state index in [0.29, 0.717) is 6.07 Å². The largest absolute Gasteiger partial charge is 0.416 e. The van der Waals surface area contributed by atoms with E-state index in [1.165, 1.54) is 18.3 Å². The molecule has 0 amide bonds. The van der Waals surface area contributed by atoms with E-state index in [0.717, 1.165) is 12.1 Å². The first-order valence-corrected chi connectivity index (χ1v) is 4.96. The number of nitrogens with zero attached hydrogens (tertiary/aromatic N) is 1. The van der Waals surface area contributed by atoms with E-state index < -0.39 is 17.6 Å². The number of halogens is 4. The third-order valence-electron chi connectivity index (χ3n) is 2.39. The molecule has 0 bridgehead atoms. The standard InChI is InChI=1S/C12H8F4N2/c13-10-3-2-8(12(14,15)16)5-9(10)7-1-4-11(17)18-6-7/h1-6H,(H2,17,18). The SMILES string of the molecule is Nc1ccc(-c2cc(C(F)(F)F)ccc2F)cn1. The van der Waals surface area contributed by atoms with Gasteiger partial charge in [-0.05, 0) is 30.3 Å². The van der Waals surface area contributed by atoms with Crippen molar-refractivity contribution in [1.82, 2.24) is 4.98 Å². The fourth-order valence-electron chi connectivity index (χ4n) is 1.49. The highest BCUT2D eigenvalue weighted by Crippen LogP contribution is 2.33. The number of anilines is 1. The smallest absolute Gasteiger partial charge is 0.384 e. The minimum absolute atomic E-state index is 0.155. The van der Waals surface area contributed by atoms with E-state index in [1.54, 1.807) is 0 Å². The van der Waals surface area contributed by atoms with Crippen molar-refractivity contribution in [3.63, 3.8) is 0 Å². The topological polar surface area (TPSA) is 38.9 Å². The van der Waals surface area contributed by atoms with Crippen LogP contribution in [0.3, 0.4) is 0 Å². The Balaban J connectivity index is 2.53. The van der Waals surface area contributed by atoms with Crippen LogP contribution in [-0.2, 0) is 6.18 Å². The number of pyridine rings is 1. The zero-order chi connectivity index (χ0) is 13.3. The first-order valence-electron chi connectivity index (χ1n) is 4.96. The van der Waals surface area contributed by atoms with Crippen LogP contribution in [0.1, 0.15) is 5.56 Å². The van der Waals surface area contributed by atoms with E-state index in [4.69, 9.17) is 5.73 Å². The van der Waals surface area contributed by atoms with Gasteiger partial charge in [0, 0.05) is 17.3 Å². The number of alkyl halides is 3. The second-order valence-corrected chi connectivity index (χ2v) is 3.66. The molecule has 2 aromatic rings. The Labute approximate surface area is 100 Å². The Morgan fingerprint density at radius 2 is 1.78 bits per heavy atom. The van der Waals surface area contributed by atoms with E-state index in [-0.39, 0.29) is 16.9 Å². The van der Waals surface area contributed by atoms with Crippen LogP contribution in [-0.4, -0.2) is 4.98 Å². The van der Waals surface area contributed by atoms with Gasteiger partial charge in [-0.2, -0.15) is 13.2 Å². The number of aromatic nitrogens is 1. The van der Waals surface area contributed by atoms with Crippen LogP contribution >= 0.6 is 0 Å². The third-order valence-corrected chi connectivity index (χ3v) is 2.39. The van der Waals surface area contributed by atoms with Crippen molar-refractivity contribution in [2.75, 3.05) is 5.73 Å². The molecule has 1 heterocycles. The molecule has 0 aliphatic carbocycles. The Bertz CT molecular complexity index is 561. The van der Waals surface area contributed by atoms with Gasteiger partial charge in [-0.15, -0.1) is 0 Å². The lowest BCUT2D eigenvalue weighted by molar-refractivity contribution is -0.137. The van der Waals surface area contributed by atoms with Crippen molar-refractivity contribution < 1.29 is 17.6 Å². The summed E-state index contributed by atoms with van der Waals surface area (Å²) in [5, 5.41) is 0.